The van der Waals surface area contributed by atoms with Crippen LogP contribution in [-0.2, 0) is 0 Å². The van der Waals surface area contributed by atoms with Gasteiger partial charge in [-0.2, -0.15) is 0 Å². The third kappa shape index (κ3) is 3.48. The van der Waals surface area contributed by atoms with E-state index in [1.807, 2.05) is 30.9 Å². The Bertz CT molecular complexity index is 264. The largest absolute Gasteiger partial charge is 0.325 e. The average Bonchev–Trinajstić information content (AvgIpc) is 2.25. The first-order valence-corrected chi connectivity index (χ1v) is 4.88. The van der Waals surface area contributed by atoms with Crippen LogP contribution >= 0.6 is 0 Å². The van der Waals surface area contributed by atoms with Crippen LogP contribution in [0.1, 0.15) is 19.4 Å². The van der Waals surface area contributed by atoms with E-state index < -0.39 is 0 Å². The summed E-state index contributed by atoms with van der Waals surface area (Å²) in [6.45, 7) is 13.4. The molecule has 14 heavy (non-hydrogen) atoms. The monoisotopic (exact) mass is 189 g/mol. The van der Waals surface area contributed by atoms with E-state index in [0.717, 1.165) is 5.69 Å². The normalized spacial score (nSPS) is 8.21. The molecule has 0 radical (unpaired) electrons. The van der Waals surface area contributed by atoms with Gasteiger partial charge in [-0.25, -0.2) is 0 Å². The first-order valence-electron chi connectivity index (χ1n) is 4.88. The van der Waals surface area contributed by atoms with Gasteiger partial charge in [0.05, 0.1) is 0 Å². The lowest BCUT2D eigenvalue weighted by Crippen LogP contribution is -2.04. The summed E-state index contributed by atoms with van der Waals surface area (Å²) in [7, 11) is 0. The second-order valence-electron chi connectivity index (χ2n) is 2.61. The lowest BCUT2D eigenvalue weighted by Gasteiger charge is -2.13. The molecule has 0 spiro atoms. The van der Waals surface area contributed by atoms with E-state index in [1.165, 1.54) is 5.56 Å². The zero-order chi connectivity index (χ0) is 11.0. The molecule has 1 rings (SSSR count). The first-order chi connectivity index (χ1) is 6.77. The minimum Gasteiger partial charge on any atom is -0.325 e. The van der Waals surface area contributed by atoms with Crippen LogP contribution in [0.25, 0.3) is 0 Å². The summed E-state index contributed by atoms with van der Waals surface area (Å²) in [6, 6.07) is 8.21. The van der Waals surface area contributed by atoms with Gasteiger partial charge in [0.25, 0.3) is 0 Å². The van der Waals surface area contributed by atoms with Gasteiger partial charge in [-0.05, 0) is 19.1 Å². The Morgan fingerprint density at radius 1 is 1.00 bits per heavy atom. The number of anilines is 1. The van der Waals surface area contributed by atoms with Crippen molar-refractivity contribution in [3.8, 4) is 0 Å². The second kappa shape index (κ2) is 6.96. The van der Waals surface area contributed by atoms with Crippen molar-refractivity contribution in [2.24, 2.45) is 0 Å². The smallest absolute Gasteiger partial charge is 0.0449 e. The number of hydrogen-bond donors (Lipinski definition) is 0. The van der Waals surface area contributed by atoms with Crippen molar-refractivity contribution in [1.82, 2.24) is 0 Å². The number of benzene rings is 1. The zero-order valence-electron chi connectivity index (χ0n) is 9.33. The van der Waals surface area contributed by atoms with Crippen LogP contribution in [0, 0.1) is 6.92 Å². The molecule has 0 aliphatic carbocycles. The molecule has 1 nitrogen and oxygen atoms in total. The fourth-order valence-corrected chi connectivity index (χ4v) is 1.00. The Balaban J connectivity index is 0.000000791. The van der Waals surface area contributed by atoms with Gasteiger partial charge in [0.2, 0.25) is 0 Å². The van der Waals surface area contributed by atoms with E-state index in [9.17, 15) is 0 Å². The summed E-state index contributed by atoms with van der Waals surface area (Å²) >= 11 is 0. The van der Waals surface area contributed by atoms with Gasteiger partial charge in [0.1, 0.15) is 0 Å². The predicted octanol–water partition coefficient (Wildman–Crippen LogP) is 4.11. The van der Waals surface area contributed by atoms with Crippen LogP contribution in [0.3, 0.4) is 0 Å². The number of hydrogen-bond acceptors (Lipinski definition) is 1. The van der Waals surface area contributed by atoms with Gasteiger partial charge in [-0.3, -0.25) is 0 Å². The predicted molar refractivity (Wildman–Crippen MR) is 65.4 cm³/mol. The number of rotatable bonds is 3. The van der Waals surface area contributed by atoms with Gasteiger partial charge in [0, 0.05) is 18.1 Å². The average molecular weight is 189 g/mol. The Morgan fingerprint density at radius 2 is 1.43 bits per heavy atom. The highest BCUT2D eigenvalue weighted by Crippen LogP contribution is 2.14. The van der Waals surface area contributed by atoms with Crippen LogP contribution in [0.15, 0.2) is 49.8 Å². The summed E-state index contributed by atoms with van der Waals surface area (Å²) in [5.74, 6) is 0. The van der Waals surface area contributed by atoms with Crippen molar-refractivity contribution in [1.29, 1.82) is 0 Å². The van der Waals surface area contributed by atoms with Crippen molar-refractivity contribution in [2.75, 3.05) is 4.90 Å². The third-order valence-corrected chi connectivity index (χ3v) is 1.73. The fraction of sp³-hybridized carbons (Fsp3) is 0.231. The molecule has 0 heterocycles. The van der Waals surface area contributed by atoms with Gasteiger partial charge in [-0.1, -0.05) is 44.7 Å². The molecule has 0 bridgehead atoms. The SMILES string of the molecule is C=CN(C=C)c1ccc(C)cc1.CC. The molecule has 1 heteroatoms. The van der Waals surface area contributed by atoms with Crippen molar-refractivity contribution in [3.63, 3.8) is 0 Å². The maximum Gasteiger partial charge on any atom is 0.0449 e. The lowest BCUT2D eigenvalue weighted by atomic mass is 10.2. The van der Waals surface area contributed by atoms with Crippen molar-refractivity contribution < 1.29 is 0 Å². The molecule has 1 aromatic carbocycles. The van der Waals surface area contributed by atoms with E-state index in [1.54, 1.807) is 12.4 Å². The Morgan fingerprint density at radius 3 is 1.79 bits per heavy atom. The second-order valence-corrected chi connectivity index (χ2v) is 2.61. The molecular weight excluding hydrogens is 170 g/mol. The van der Waals surface area contributed by atoms with Gasteiger partial charge in [0.15, 0.2) is 0 Å². The summed E-state index contributed by atoms with van der Waals surface area (Å²) < 4.78 is 0. The van der Waals surface area contributed by atoms with E-state index in [-0.39, 0.29) is 0 Å². The molecule has 0 aliphatic rings. The maximum absolute atomic E-state index is 3.69. The van der Waals surface area contributed by atoms with Crippen molar-refractivity contribution >= 4 is 5.69 Å². The molecule has 0 aromatic heterocycles. The molecular formula is C13H19N. The summed E-state index contributed by atoms with van der Waals surface area (Å²) in [5, 5.41) is 0. The lowest BCUT2D eigenvalue weighted by molar-refractivity contribution is 1.29. The van der Waals surface area contributed by atoms with Crippen LogP contribution in [-0.4, -0.2) is 0 Å². The fourth-order valence-electron chi connectivity index (χ4n) is 1.00. The molecule has 0 atom stereocenters. The van der Waals surface area contributed by atoms with E-state index >= 15 is 0 Å². The standard InChI is InChI=1S/C11H13N.C2H6/c1-4-12(5-2)11-8-6-10(3)7-9-11;1-2/h4-9H,1-2H2,3H3;1-2H3. The van der Waals surface area contributed by atoms with E-state index in [4.69, 9.17) is 0 Å². The minimum absolute atomic E-state index is 1.09. The highest BCUT2D eigenvalue weighted by Gasteiger charge is 1.95. The Kier molecular flexibility index (Phi) is 6.21. The quantitative estimate of drug-likeness (QED) is 0.691. The summed E-state index contributed by atoms with van der Waals surface area (Å²) in [6.07, 6.45) is 3.47. The molecule has 76 valence electrons. The molecule has 0 unspecified atom stereocenters. The molecule has 0 saturated heterocycles. The van der Waals surface area contributed by atoms with Gasteiger partial charge < -0.3 is 4.90 Å². The molecule has 0 N–H and O–H groups in total. The third-order valence-electron chi connectivity index (χ3n) is 1.73. The minimum atomic E-state index is 1.09. The van der Waals surface area contributed by atoms with Crippen molar-refractivity contribution in [2.45, 2.75) is 20.8 Å². The first kappa shape index (κ1) is 12.5. The van der Waals surface area contributed by atoms with Crippen LogP contribution in [0.4, 0.5) is 5.69 Å². The Hall–Kier alpha value is -1.50. The number of aryl methyl sites for hydroxylation is 1. The molecule has 0 amide bonds. The van der Waals surface area contributed by atoms with Crippen LogP contribution < -0.4 is 4.90 Å². The van der Waals surface area contributed by atoms with Gasteiger partial charge >= 0.3 is 0 Å². The highest BCUT2D eigenvalue weighted by atomic mass is 15.1. The van der Waals surface area contributed by atoms with Crippen molar-refractivity contribution in [3.05, 3.63) is 55.4 Å². The Labute approximate surface area is 87.4 Å². The van der Waals surface area contributed by atoms with Crippen LogP contribution in [0.2, 0.25) is 0 Å². The van der Waals surface area contributed by atoms with Gasteiger partial charge in [-0.15, -0.1) is 0 Å². The molecule has 1 aromatic rings. The summed E-state index contributed by atoms with van der Waals surface area (Å²) in [4.78, 5) is 1.87. The molecule has 0 aliphatic heterocycles. The maximum atomic E-state index is 3.69. The molecule has 0 fully saturated rings. The topological polar surface area (TPSA) is 3.24 Å². The van der Waals surface area contributed by atoms with E-state index in [0.29, 0.717) is 0 Å². The van der Waals surface area contributed by atoms with Crippen LogP contribution in [0.5, 0.6) is 0 Å². The number of nitrogens with zero attached hydrogens (tertiary/aromatic N) is 1. The zero-order valence-corrected chi connectivity index (χ0v) is 9.33. The highest BCUT2D eigenvalue weighted by molar-refractivity contribution is 5.52. The molecule has 0 saturated carbocycles. The summed E-state index contributed by atoms with van der Waals surface area (Å²) in [5.41, 5.74) is 2.34. The van der Waals surface area contributed by atoms with E-state index in [2.05, 4.69) is 32.2 Å².